The molecule has 1 unspecified atom stereocenters. The Morgan fingerprint density at radius 3 is 2.45 bits per heavy atom. The van der Waals surface area contributed by atoms with Crippen LogP contribution in [0.15, 0.2) is 18.2 Å². The zero-order valence-electron chi connectivity index (χ0n) is 15.0. The lowest BCUT2D eigenvalue weighted by Crippen LogP contribution is -2.36. The molecule has 0 aromatic heterocycles. The Morgan fingerprint density at radius 1 is 1.32 bits per heavy atom. The largest absolute Gasteiger partial charge is 0.367 e. The Morgan fingerprint density at radius 2 is 1.95 bits per heavy atom. The van der Waals surface area contributed by atoms with Gasteiger partial charge in [0.25, 0.3) is 5.91 Å². The lowest BCUT2D eigenvalue weighted by Gasteiger charge is -2.26. The summed E-state index contributed by atoms with van der Waals surface area (Å²) < 4.78 is 5.51. The minimum atomic E-state index is -0.553. The topological polar surface area (TPSA) is 41.6 Å². The number of hydrogen-bond donors (Lipinski definition) is 1. The fourth-order valence-corrected chi connectivity index (χ4v) is 2.37. The van der Waals surface area contributed by atoms with E-state index in [1.165, 1.54) is 5.56 Å². The van der Waals surface area contributed by atoms with Crippen LogP contribution in [-0.4, -0.2) is 45.1 Å². The van der Waals surface area contributed by atoms with Crippen molar-refractivity contribution in [2.45, 2.75) is 39.2 Å². The molecule has 0 fully saturated rings. The molecule has 4 heteroatoms. The molecule has 0 bridgehead atoms. The van der Waals surface area contributed by atoms with Gasteiger partial charge in [-0.1, -0.05) is 44.5 Å². The van der Waals surface area contributed by atoms with Crippen LogP contribution in [0.5, 0.6) is 0 Å². The number of rotatable bonds is 6. The standard InChI is InChI=1S/C18H30N2O2/c1-13-10-14(12-15(11-13)18(2,3)4)16(22-7)17(21)20(6)9-8-19-5/h10-12,16,19H,8-9H2,1-7H3. The first kappa shape index (κ1) is 18.7. The molecule has 22 heavy (non-hydrogen) atoms. The minimum absolute atomic E-state index is 0.0109. The summed E-state index contributed by atoms with van der Waals surface area (Å²) in [4.78, 5) is 14.3. The number of methoxy groups -OCH3 is 1. The molecular weight excluding hydrogens is 276 g/mol. The molecular formula is C18H30N2O2. The summed E-state index contributed by atoms with van der Waals surface area (Å²) >= 11 is 0. The van der Waals surface area contributed by atoms with Crippen molar-refractivity contribution in [1.29, 1.82) is 0 Å². The SMILES string of the molecule is CNCCN(C)C(=O)C(OC)c1cc(C)cc(C(C)(C)C)c1. The van der Waals surface area contributed by atoms with E-state index in [1.54, 1.807) is 12.0 Å². The van der Waals surface area contributed by atoms with Crippen LogP contribution in [0, 0.1) is 6.92 Å². The van der Waals surface area contributed by atoms with E-state index >= 15 is 0 Å². The molecule has 0 spiro atoms. The molecule has 1 aromatic carbocycles. The van der Waals surface area contributed by atoms with Crippen LogP contribution in [0.4, 0.5) is 0 Å². The molecule has 0 saturated heterocycles. The first-order chi connectivity index (χ1) is 10.2. The number of aryl methyl sites for hydroxylation is 1. The maximum atomic E-state index is 12.6. The van der Waals surface area contributed by atoms with Crippen molar-refractivity contribution >= 4 is 5.91 Å². The van der Waals surface area contributed by atoms with Crippen molar-refractivity contribution < 1.29 is 9.53 Å². The highest BCUT2D eigenvalue weighted by Crippen LogP contribution is 2.28. The van der Waals surface area contributed by atoms with Gasteiger partial charge in [0.05, 0.1) is 0 Å². The van der Waals surface area contributed by atoms with E-state index in [9.17, 15) is 4.79 Å². The second kappa shape index (κ2) is 7.75. The first-order valence-electron chi connectivity index (χ1n) is 7.75. The van der Waals surface area contributed by atoms with Crippen molar-refractivity contribution in [2.24, 2.45) is 0 Å². The number of hydrogen-bond acceptors (Lipinski definition) is 3. The molecule has 1 aromatic rings. The van der Waals surface area contributed by atoms with E-state index in [1.807, 2.05) is 20.2 Å². The van der Waals surface area contributed by atoms with Crippen molar-refractivity contribution in [2.75, 3.05) is 34.3 Å². The zero-order valence-corrected chi connectivity index (χ0v) is 15.0. The summed E-state index contributed by atoms with van der Waals surface area (Å²) in [6.07, 6.45) is -0.553. The van der Waals surface area contributed by atoms with Gasteiger partial charge in [-0.2, -0.15) is 0 Å². The van der Waals surface area contributed by atoms with Gasteiger partial charge < -0.3 is 15.0 Å². The Hall–Kier alpha value is -1.39. The summed E-state index contributed by atoms with van der Waals surface area (Å²) in [5, 5.41) is 3.05. The van der Waals surface area contributed by atoms with Gasteiger partial charge >= 0.3 is 0 Å². The Balaban J connectivity index is 3.09. The molecule has 0 aliphatic rings. The molecule has 0 radical (unpaired) electrons. The van der Waals surface area contributed by atoms with E-state index in [0.717, 1.165) is 17.7 Å². The van der Waals surface area contributed by atoms with Crippen LogP contribution in [-0.2, 0) is 14.9 Å². The molecule has 0 heterocycles. The van der Waals surface area contributed by atoms with Gasteiger partial charge in [-0.3, -0.25) is 4.79 Å². The van der Waals surface area contributed by atoms with Crippen LogP contribution in [0.3, 0.4) is 0 Å². The predicted molar refractivity (Wildman–Crippen MR) is 91.2 cm³/mol. The number of carbonyl (C=O) groups is 1. The highest BCUT2D eigenvalue weighted by Gasteiger charge is 2.25. The highest BCUT2D eigenvalue weighted by atomic mass is 16.5. The van der Waals surface area contributed by atoms with Gasteiger partial charge in [-0.25, -0.2) is 0 Å². The van der Waals surface area contributed by atoms with Gasteiger partial charge in [0.15, 0.2) is 6.10 Å². The molecule has 0 saturated carbocycles. The predicted octanol–water partition coefficient (Wildman–Crippen LogP) is 2.66. The molecule has 4 nitrogen and oxygen atoms in total. The number of ether oxygens (including phenoxy) is 1. The number of benzene rings is 1. The lowest BCUT2D eigenvalue weighted by atomic mass is 9.84. The van der Waals surface area contributed by atoms with Crippen LogP contribution < -0.4 is 5.32 Å². The Labute approximate surface area is 134 Å². The minimum Gasteiger partial charge on any atom is -0.367 e. The van der Waals surface area contributed by atoms with Crippen LogP contribution in [0.2, 0.25) is 0 Å². The van der Waals surface area contributed by atoms with Crippen molar-refractivity contribution in [3.8, 4) is 0 Å². The zero-order chi connectivity index (χ0) is 16.9. The van der Waals surface area contributed by atoms with Crippen LogP contribution >= 0.6 is 0 Å². The molecule has 1 rings (SSSR count). The average Bonchev–Trinajstić information content (AvgIpc) is 2.43. The van der Waals surface area contributed by atoms with Gasteiger partial charge in [0.2, 0.25) is 0 Å². The molecule has 124 valence electrons. The quantitative estimate of drug-likeness (QED) is 0.878. The number of nitrogens with zero attached hydrogens (tertiary/aromatic N) is 1. The van der Waals surface area contributed by atoms with E-state index in [0.29, 0.717) is 6.54 Å². The molecule has 1 amide bonds. The summed E-state index contributed by atoms with van der Waals surface area (Å²) in [6, 6.07) is 6.30. The third-order valence-electron chi connectivity index (χ3n) is 3.80. The normalized spacial score (nSPS) is 13.0. The number of nitrogens with one attached hydrogen (secondary N) is 1. The smallest absolute Gasteiger partial charge is 0.256 e. The monoisotopic (exact) mass is 306 g/mol. The second-order valence-corrected chi connectivity index (χ2v) is 6.86. The summed E-state index contributed by atoms with van der Waals surface area (Å²) in [6.45, 7) is 10.0. The van der Waals surface area contributed by atoms with Crippen LogP contribution in [0.25, 0.3) is 0 Å². The summed E-state index contributed by atoms with van der Waals surface area (Å²) in [5.41, 5.74) is 3.33. The fourth-order valence-electron chi connectivity index (χ4n) is 2.37. The summed E-state index contributed by atoms with van der Waals surface area (Å²) in [5.74, 6) is -0.0109. The highest BCUT2D eigenvalue weighted by molar-refractivity contribution is 5.82. The Kier molecular flexibility index (Phi) is 6.57. The number of likely N-dealkylation sites (N-methyl/N-ethyl adjacent to an activating group) is 2. The third kappa shape index (κ3) is 4.82. The fraction of sp³-hybridized carbons (Fsp3) is 0.611. The Bertz CT molecular complexity index is 506. The van der Waals surface area contributed by atoms with Gasteiger partial charge in [-0.05, 0) is 30.5 Å². The number of amides is 1. The van der Waals surface area contributed by atoms with Crippen molar-refractivity contribution in [3.63, 3.8) is 0 Å². The summed E-state index contributed by atoms with van der Waals surface area (Å²) in [7, 11) is 5.28. The second-order valence-electron chi connectivity index (χ2n) is 6.86. The average molecular weight is 306 g/mol. The van der Waals surface area contributed by atoms with Gasteiger partial charge in [0.1, 0.15) is 0 Å². The maximum Gasteiger partial charge on any atom is 0.256 e. The molecule has 1 N–H and O–H groups in total. The molecule has 1 atom stereocenters. The van der Waals surface area contributed by atoms with E-state index in [4.69, 9.17) is 4.74 Å². The van der Waals surface area contributed by atoms with E-state index < -0.39 is 6.10 Å². The molecule has 0 aliphatic carbocycles. The third-order valence-corrected chi connectivity index (χ3v) is 3.80. The van der Waals surface area contributed by atoms with E-state index in [-0.39, 0.29) is 11.3 Å². The van der Waals surface area contributed by atoms with Gasteiger partial charge in [0, 0.05) is 27.2 Å². The lowest BCUT2D eigenvalue weighted by molar-refractivity contribution is -0.141. The molecule has 0 aliphatic heterocycles. The van der Waals surface area contributed by atoms with Crippen LogP contribution in [0.1, 0.15) is 43.6 Å². The van der Waals surface area contributed by atoms with Gasteiger partial charge in [-0.15, -0.1) is 0 Å². The maximum absolute atomic E-state index is 12.6. The van der Waals surface area contributed by atoms with Crippen molar-refractivity contribution in [1.82, 2.24) is 10.2 Å². The van der Waals surface area contributed by atoms with Crippen molar-refractivity contribution in [3.05, 3.63) is 34.9 Å². The first-order valence-corrected chi connectivity index (χ1v) is 7.75. The number of carbonyl (C=O) groups excluding carboxylic acids is 1. The van der Waals surface area contributed by atoms with E-state index in [2.05, 4.69) is 45.1 Å².